The third-order valence-electron chi connectivity index (χ3n) is 12.6. The van der Waals surface area contributed by atoms with Crippen molar-refractivity contribution in [3.05, 3.63) is 253 Å². The van der Waals surface area contributed by atoms with Crippen LogP contribution < -0.4 is 0 Å². The van der Waals surface area contributed by atoms with Gasteiger partial charge in [-0.25, -0.2) is 9.97 Å². The number of hydrogen-bond donors (Lipinski definition) is 0. The van der Waals surface area contributed by atoms with Crippen LogP contribution in [0.15, 0.2) is 240 Å². The lowest BCUT2D eigenvalue weighted by Gasteiger charge is -2.39. The van der Waals surface area contributed by atoms with Gasteiger partial charge in [0.15, 0.2) is 5.82 Å². The minimum atomic E-state index is -0.378. The van der Waals surface area contributed by atoms with Crippen molar-refractivity contribution in [3.8, 4) is 78.4 Å². The fourth-order valence-electron chi connectivity index (χ4n) is 9.72. The third kappa shape index (κ3) is 5.96. The second-order valence-electron chi connectivity index (χ2n) is 16.1. The molecule has 1 aliphatic heterocycles. The van der Waals surface area contributed by atoms with Crippen LogP contribution in [0.1, 0.15) is 22.3 Å². The fraction of sp³-hybridized carbons (Fsp3) is 0.0169. The minimum absolute atomic E-state index is 0.378. The highest BCUT2D eigenvalue weighted by Crippen LogP contribution is 2.62. The van der Waals surface area contributed by atoms with E-state index in [1.165, 1.54) is 59.9 Å². The van der Waals surface area contributed by atoms with E-state index in [-0.39, 0.29) is 5.41 Å². The lowest BCUT2D eigenvalue weighted by atomic mass is 9.67. The van der Waals surface area contributed by atoms with Crippen molar-refractivity contribution in [3.63, 3.8) is 0 Å². The van der Waals surface area contributed by atoms with Crippen LogP contribution in [-0.4, -0.2) is 9.97 Å². The van der Waals surface area contributed by atoms with Crippen molar-refractivity contribution in [2.45, 2.75) is 15.2 Å². The molecule has 0 amide bonds. The van der Waals surface area contributed by atoms with Crippen molar-refractivity contribution in [2.24, 2.45) is 0 Å². The van der Waals surface area contributed by atoms with Gasteiger partial charge in [0.05, 0.1) is 16.8 Å². The molecule has 2 nitrogen and oxygen atoms in total. The Labute approximate surface area is 366 Å². The van der Waals surface area contributed by atoms with Gasteiger partial charge in [-0.2, -0.15) is 0 Å². The number of hydrogen-bond acceptors (Lipinski definition) is 3. The van der Waals surface area contributed by atoms with E-state index < -0.39 is 0 Å². The number of nitrogens with zero attached hydrogens (tertiary/aromatic N) is 2. The second-order valence-corrected chi connectivity index (χ2v) is 17.2. The van der Waals surface area contributed by atoms with Crippen molar-refractivity contribution in [1.82, 2.24) is 9.97 Å². The van der Waals surface area contributed by atoms with Crippen LogP contribution in [0.3, 0.4) is 0 Å². The summed E-state index contributed by atoms with van der Waals surface area (Å²) >= 11 is 1.89. The first-order chi connectivity index (χ1) is 30.7. The summed E-state index contributed by atoms with van der Waals surface area (Å²) in [7, 11) is 0. The Hall–Kier alpha value is -7.59. The molecule has 0 N–H and O–H groups in total. The summed E-state index contributed by atoms with van der Waals surface area (Å²) in [5, 5.41) is 0. The zero-order valence-electron chi connectivity index (χ0n) is 33.7. The average Bonchev–Trinajstić information content (AvgIpc) is 3.65. The molecule has 0 fully saturated rings. The normalized spacial score (nSPS) is 12.9. The quantitative estimate of drug-likeness (QED) is 0.167. The van der Waals surface area contributed by atoms with E-state index in [9.17, 15) is 0 Å². The zero-order chi connectivity index (χ0) is 41.0. The maximum absolute atomic E-state index is 5.18. The van der Waals surface area contributed by atoms with Gasteiger partial charge in [-0.3, -0.25) is 0 Å². The molecular weight excluding hydrogens is 769 g/mol. The predicted molar refractivity (Wildman–Crippen MR) is 256 cm³/mol. The zero-order valence-corrected chi connectivity index (χ0v) is 34.6. The molecule has 0 saturated heterocycles. The Bertz CT molecular complexity index is 3290. The third-order valence-corrected chi connectivity index (χ3v) is 13.7. The first kappa shape index (κ1) is 36.3. The van der Waals surface area contributed by atoms with Gasteiger partial charge in [0, 0.05) is 26.5 Å². The van der Waals surface area contributed by atoms with Gasteiger partial charge >= 0.3 is 0 Å². The molecule has 1 aromatic heterocycles. The smallest absolute Gasteiger partial charge is 0.160 e. The van der Waals surface area contributed by atoms with Gasteiger partial charge in [0.1, 0.15) is 0 Å². The minimum Gasteiger partial charge on any atom is -0.228 e. The van der Waals surface area contributed by atoms with Crippen molar-refractivity contribution >= 4 is 11.8 Å². The van der Waals surface area contributed by atoms with E-state index in [0.717, 1.165) is 44.8 Å². The van der Waals surface area contributed by atoms with Crippen molar-refractivity contribution in [1.29, 1.82) is 0 Å². The van der Waals surface area contributed by atoms with Crippen LogP contribution in [0.2, 0.25) is 0 Å². The van der Waals surface area contributed by atoms with Crippen LogP contribution in [0, 0.1) is 0 Å². The molecule has 0 bridgehead atoms. The molecule has 9 aromatic carbocycles. The summed E-state index contributed by atoms with van der Waals surface area (Å²) in [6.45, 7) is 0. The molecule has 0 atom stereocenters. The number of aromatic nitrogens is 2. The summed E-state index contributed by atoms with van der Waals surface area (Å²) in [6, 6.07) is 83.4. The highest BCUT2D eigenvalue weighted by atomic mass is 32.2. The molecule has 0 radical (unpaired) electrons. The highest BCUT2D eigenvalue weighted by Gasteiger charge is 2.50. The number of benzene rings is 9. The maximum Gasteiger partial charge on any atom is 0.160 e. The summed E-state index contributed by atoms with van der Waals surface area (Å²) in [6.07, 6.45) is 0. The molecule has 290 valence electrons. The lowest BCUT2D eigenvalue weighted by molar-refractivity contribution is 0.722. The molecule has 1 spiro atoms. The topological polar surface area (TPSA) is 25.8 Å². The molecule has 62 heavy (non-hydrogen) atoms. The summed E-state index contributed by atoms with van der Waals surface area (Å²) in [4.78, 5) is 12.9. The molecular formula is C59H38N2S. The van der Waals surface area contributed by atoms with Crippen LogP contribution in [0.4, 0.5) is 0 Å². The van der Waals surface area contributed by atoms with Crippen LogP contribution in [0.5, 0.6) is 0 Å². The molecule has 0 unspecified atom stereocenters. The molecule has 2 heterocycles. The Balaban J connectivity index is 0.935. The Morgan fingerprint density at radius 2 is 0.694 bits per heavy atom. The SMILES string of the molecule is c1ccc(-c2cccc(-c3cc(-c4cccc(-c5cccc(-c6ccc7c(c6)Sc6ccccc6C76c7ccccc7-c7ccccc76)c5)c4)nc(-c4ccccc4)n3)c2)cc1. The first-order valence-corrected chi connectivity index (χ1v) is 22.0. The Morgan fingerprint density at radius 3 is 1.29 bits per heavy atom. The average molecular weight is 807 g/mol. The van der Waals surface area contributed by atoms with Gasteiger partial charge in [-0.15, -0.1) is 0 Å². The molecule has 0 saturated carbocycles. The predicted octanol–water partition coefficient (Wildman–Crippen LogP) is 15.3. The second kappa shape index (κ2) is 14.8. The van der Waals surface area contributed by atoms with E-state index in [4.69, 9.17) is 9.97 Å². The first-order valence-electron chi connectivity index (χ1n) is 21.1. The fourth-order valence-corrected chi connectivity index (χ4v) is 11.0. The van der Waals surface area contributed by atoms with E-state index in [1.54, 1.807) is 0 Å². The van der Waals surface area contributed by atoms with Crippen molar-refractivity contribution < 1.29 is 0 Å². The summed E-state index contributed by atoms with van der Waals surface area (Å²) in [5.41, 5.74) is 19.5. The maximum atomic E-state index is 5.18. The number of rotatable bonds is 6. The monoisotopic (exact) mass is 806 g/mol. The number of fused-ring (bicyclic) bond motifs is 9. The lowest BCUT2D eigenvalue weighted by Crippen LogP contribution is -2.31. The van der Waals surface area contributed by atoms with Gasteiger partial charge in [0.2, 0.25) is 0 Å². The van der Waals surface area contributed by atoms with Gasteiger partial charge < -0.3 is 0 Å². The molecule has 10 aromatic rings. The van der Waals surface area contributed by atoms with E-state index in [1.807, 2.05) is 30.0 Å². The van der Waals surface area contributed by atoms with Gasteiger partial charge in [-0.1, -0.05) is 206 Å². The van der Waals surface area contributed by atoms with Crippen LogP contribution >= 0.6 is 11.8 Å². The highest BCUT2D eigenvalue weighted by molar-refractivity contribution is 7.99. The van der Waals surface area contributed by atoms with E-state index in [2.05, 4.69) is 212 Å². The largest absolute Gasteiger partial charge is 0.228 e. The molecule has 2 aliphatic rings. The molecule has 3 heteroatoms. The van der Waals surface area contributed by atoms with Crippen molar-refractivity contribution in [2.75, 3.05) is 0 Å². The van der Waals surface area contributed by atoms with Gasteiger partial charge in [0.25, 0.3) is 0 Å². The summed E-state index contributed by atoms with van der Waals surface area (Å²) < 4.78 is 0. The van der Waals surface area contributed by atoms with Crippen LogP contribution in [0.25, 0.3) is 78.4 Å². The Morgan fingerprint density at radius 1 is 0.274 bits per heavy atom. The molecule has 1 aliphatic carbocycles. The van der Waals surface area contributed by atoms with Gasteiger partial charge in [-0.05, 0) is 103 Å². The Kier molecular flexibility index (Phi) is 8.69. The molecule has 12 rings (SSSR count). The summed E-state index contributed by atoms with van der Waals surface area (Å²) in [5.74, 6) is 0.704. The van der Waals surface area contributed by atoms with E-state index >= 15 is 0 Å². The van der Waals surface area contributed by atoms with E-state index in [0.29, 0.717) is 5.82 Å². The van der Waals surface area contributed by atoms with Crippen LogP contribution in [-0.2, 0) is 5.41 Å². The standard InChI is InChI=1S/C59H38N2S/c1-3-16-39(17-4-1)41-20-14-24-46(35-41)54-38-55(61-58(60-54)40-18-5-2-6-19-40)47-25-15-23-44(36-47)42-21-13-22-43(34-42)45-32-33-53-57(37-45)62-56-31-12-11-30-52(56)59(53)50-28-9-7-26-48(50)49-27-8-10-29-51(49)59/h1-38H.